The summed E-state index contributed by atoms with van der Waals surface area (Å²) in [4.78, 5) is 16.4. The third-order valence-corrected chi connectivity index (χ3v) is 4.95. The number of ether oxygens (including phenoxy) is 1. The monoisotopic (exact) mass is 389 g/mol. The molecular weight excluding hydrogens is 362 g/mol. The van der Waals surface area contributed by atoms with Crippen LogP contribution in [-0.2, 0) is 0 Å². The molecular formula is C25H27NO3. The summed E-state index contributed by atoms with van der Waals surface area (Å²) in [6.07, 6.45) is 2.79. The zero-order chi connectivity index (χ0) is 20.8. The largest absolute Gasteiger partial charge is 0.508 e. The summed E-state index contributed by atoms with van der Waals surface area (Å²) in [7, 11) is 0. The van der Waals surface area contributed by atoms with Crippen LogP contribution in [0.1, 0.15) is 60.8 Å². The first-order valence-electron chi connectivity index (χ1n) is 10.0. The first-order valence-corrected chi connectivity index (χ1v) is 10.0. The van der Waals surface area contributed by atoms with Crippen molar-refractivity contribution in [2.45, 2.75) is 46.1 Å². The van der Waals surface area contributed by atoms with Crippen molar-refractivity contribution in [3.05, 3.63) is 77.5 Å². The molecule has 4 nitrogen and oxygen atoms in total. The van der Waals surface area contributed by atoms with Crippen molar-refractivity contribution in [3.63, 3.8) is 0 Å². The molecule has 1 N–H and O–H groups in total. The Morgan fingerprint density at radius 3 is 2.52 bits per heavy atom. The molecule has 3 aromatic rings. The third-order valence-electron chi connectivity index (χ3n) is 4.95. The highest BCUT2D eigenvalue weighted by molar-refractivity contribution is 5.94. The lowest BCUT2D eigenvalue weighted by atomic mass is 10.0. The second-order valence-electron chi connectivity index (χ2n) is 7.28. The quantitative estimate of drug-likeness (QED) is 0.461. The molecule has 0 aliphatic carbocycles. The van der Waals surface area contributed by atoms with E-state index in [0.717, 1.165) is 47.5 Å². The van der Waals surface area contributed by atoms with Crippen LogP contribution in [0.5, 0.6) is 11.5 Å². The van der Waals surface area contributed by atoms with Crippen molar-refractivity contribution in [1.29, 1.82) is 0 Å². The van der Waals surface area contributed by atoms with E-state index < -0.39 is 0 Å². The Bertz CT molecular complexity index is 980. The van der Waals surface area contributed by atoms with Crippen LogP contribution in [0.4, 0.5) is 0 Å². The van der Waals surface area contributed by atoms with E-state index >= 15 is 0 Å². The van der Waals surface area contributed by atoms with Gasteiger partial charge >= 0.3 is 0 Å². The van der Waals surface area contributed by atoms with Gasteiger partial charge in [0.15, 0.2) is 5.78 Å². The van der Waals surface area contributed by atoms with E-state index in [2.05, 4.69) is 6.92 Å². The molecule has 1 unspecified atom stereocenters. The van der Waals surface area contributed by atoms with E-state index in [9.17, 15) is 9.90 Å². The first kappa shape index (κ1) is 20.6. The molecule has 3 rings (SSSR count). The topological polar surface area (TPSA) is 59.4 Å². The van der Waals surface area contributed by atoms with Gasteiger partial charge in [0.25, 0.3) is 0 Å². The smallest absolute Gasteiger partial charge is 0.159 e. The average Bonchev–Trinajstić information content (AvgIpc) is 2.74. The van der Waals surface area contributed by atoms with Crippen LogP contribution in [0.3, 0.4) is 0 Å². The van der Waals surface area contributed by atoms with Crippen LogP contribution < -0.4 is 4.74 Å². The van der Waals surface area contributed by atoms with E-state index in [1.165, 1.54) is 0 Å². The molecule has 0 saturated heterocycles. The number of hydrogen-bond donors (Lipinski definition) is 1. The van der Waals surface area contributed by atoms with Crippen LogP contribution in [0.15, 0.2) is 60.7 Å². The van der Waals surface area contributed by atoms with Gasteiger partial charge in [-0.2, -0.15) is 0 Å². The molecule has 2 aromatic carbocycles. The maximum absolute atomic E-state index is 11.5. The van der Waals surface area contributed by atoms with Crippen molar-refractivity contribution in [1.82, 2.24) is 4.98 Å². The Hall–Kier alpha value is -3.14. The fourth-order valence-electron chi connectivity index (χ4n) is 3.19. The maximum atomic E-state index is 11.5. The summed E-state index contributed by atoms with van der Waals surface area (Å²) in [5, 5.41) is 9.76. The summed E-state index contributed by atoms with van der Waals surface area (Å²) in [6, 6.07) is 18.7. The predicted molar refractivity (Wildman–Crippen MR) is 115 cm³/mol. The van der Waals surface area contributed by atoms with Crippen LogP contribution >= 0.6 is 0 Å². The normalized spacial score (nSPS) is 11.8. The molecule has 0 aliphatic heterocycles. The molecule has 0 radical (unpaired) electrons. The highest BCUT2D eigenvalue weighted by atomic mass is 16.5. The number of nitrogens with zero attached hydrogens (tertiary/aromatic N) is 1. The zero-order valence-electron chi connectivity index (χ0n) is 17.2. The van der Waals surface area contributed by atoms with Gasteiger partial charge in [0, 0.05) is 11.1 Å². The van der Waals surface area contributed by atoms with E-state index in [1.54, 1.807) is 19.1 Å². The van der Waals surface area contributed by atoms with Gasteiger partial charge in [-0.25, -0.2) is 4.98 Å². The molecule has 0 amide bonds. The number of phenolic OH excluding ortho intramolecular Hbond substituents is 1. The summed E-state index contributed by atoms with van der Waals surface area (Å²) >= 11 is 0. The molecule has 0 saturated carbocycles. The van der Waals surface area contributed by atoms with Gasteiger partial charge in [0.2, 0.25) is 0 Å². The number of hydrogen-bond acceptors (Lipinski definition) is 4. The van der Waals surface area contributed by atoms with Crippen molar-refractivity contribution >= 4 is 5.78 Å². The highest BCUT2D eigenvalue weighted by Gasteiger charge is 2.16. The fraction of sp³-hybridized carbons (Fsp3) is 0.280. The minimum atomic E-state index is -0.171. The number of Topliss-reactive ketones (excluding diaryl/α,β-unsaturated/α-hetero) is 1. The summed E-state index contributed by atoms with van der Waals surface area (Å²) < 4.78 is 6.26. The Morgan fingerprint density at radius 2 is 1.86 bits per heavy atom. The minimum Gasteiger partial charge on any atom is -0.508 e. The summed E-state index contributed by atoms with van der Waals surface area (Å²) in [5.41, 5.74) is 4.16. The molecule has 0 fully saturated rings. The second-order valence-corrected chi connectivity index (χ2v) is 7.28. The van der Waals surface area contributed by atoms with Gasteiger partial charge in [0.05, 0.1) is 11.4 Å². The van der Waals surface area contributed by atoms with Gasteiger partial charge < -0.3 is 9.84 Å². The Labute approximate surface area is 172 Å². The fourth-order valence-corrected chi connectivity index (χ4v) is 3.19. The summed E-state index contributed by atoms with van der Waals surface area (Å²) in [5.74, 6) is 1.03. The number of phenols is 1. The molecule has 0 spiro atoms. The lowest BCUT2D eigenvalue weighted by Crippen LogP contribution is -2.10. The van der Waals surface area contributed by atoms with E-state index in [4.69, 9.17) is 9.72 Å². The molecule has 1 atom stereocenters. The number of pyridine rings is 1. The van der Waals surface area contributed by atoms with Crippen molar-refractivity contribution < 1.29 is 14.6 Å². The van der Waals surface area contributed by atoms with Crippen LogP contribution in [0.25, 0.3) is 11.3 Å². The number of aryl methyl sites for hydroxylation is 1. The third kappa shape index (κ3) is 5.23. The Balaban J connectivity index is 1.88. The number of ketones is 1. The number of benzene rings is 2. The van der Waals surface area contributed by atoms with Gasteiger partial charge in [0.1, 0.15) is 17.6 Å². The zero-order valence-corrected chi connectivity index (χ0v) is 17.2. The lowest BCUT2D eigenvalue weighted by molar-refractivity contribution is 0.101. The molecule has 150 valence electrons. The number of aromatic nitrogens is 1. The predicted octanol–water partition coefficient (Wildman–Crippen LogP) is 6.28. The van der Waals surface area contributed by atoms with Crippen molar-refractivity contribution in [2.75, 3.05) is 0 Å². The van der Waals surface area contributed by atoms with Crippen LogP contribution in [0.2, 0.25) is 0 Å². The molecule has 1 heterocycles. The molecule has 29 heavy (non-hydrogen) atoms. The average molecular weight is 389 g/mol. The molecule has 1 aromatic heterocycles. The van der Waals surface area contributed by atoms with Gasteiger partial charge in [-0.3, -0.25) is 4.79 Å². The highest BCUT2D eigenvalue weighted by Crippen LogP contribution is 2.30. The van der Waals surface area contributed by atoms with Crippen molar-refractivity contribution in [3.8, 4) is 22.8 Å². The lowest BCUT2D eigenvalue weighted by Gasteiger charge is -2.20. The number of carbonyl (C=O) groups excluding carboxylic acids is 1. The molecule has 0 bridgehead atoms. The van der Waals surface area contributed by atoms with E-state index in [-0.39, 0.29) is 17.6 Å². The first-order chi connectivity index (χ1) is 14.0. The van der Waals surface area contributed by atoms with E-state index in [0.29, 0.717) is 5.56 Å². The van der Waals surface area contributed by atoms with Crippen molar-refractivity contribution in [2.24, 2.45) is 0 Å². The molecule has 0 aliphatic rings. The standard InChI is InChI=1S/C25H27NO3/c1-4-5-9-25(29-21-14-15-24(28)17(2)16-21)23-8-6-7-22(26-23)20-12-10-19(11-13-20)18(3)27/h6-8,10-16,25,28H,4-5,9H2,1-3H3. The number of unbranched alkanes of at least 4 members (excludes halogenated alkanes) is 1. The maximum Gasteiger partial charge on any atom is 0.159 e. The summed E-state index contributed by atoms with van der Waals surface area (Å²) in [6.45, 7) is 5.57. The van der Waals surface area contributed by atoms with Gasteiger partial charge in [-0.15, -0.1) is 0 Å². The van der Waals surface area contributed by atoms with Crippen LogP contribution in [0, 0.1) is 6.92 Å². The minimum absolute atomic E-state index is 0.0514. The Kier molecular flexibility index (Phi) is 6.65. The Morgan fingerprint density at radius 1 is 1.10 bits per heavy atom. The van der Waals surface area contributed by atoms with Crippen LogP contribution in [-0.4, -0.2) is 15.9 Å². The second kappa shape index (κ2) is 9.37. The SMILES string of the molecule is CCCCC(Oc1ccc(O)c(C)c1)c1cccc(-c2ccc(C(C)=O)cc2)n1. The number of rotatable bonds is 8. The van der Waals surface area contributed by atoms with Gasteiger partial charge in [-0.05, 0) is 62.6 Å². The number of carbonyl (C=O) groups is 1. The van der Waals surface area contributed by atoms with Gasteiger partial charge in [-0.1, -0.05) is 43.7 Å². The number of aromatic hydroxyl groups is 1. The molecule has 4 heteroatoms. The van der Waals surface area contributed by atoms with E-state index in [1.807, 2.05) is 55.5 Å².